The Balaban J connectivity index is 1.01. The summed E-state index contributed by atoms with van der Waals surface area (Å²) in [4.78, 5) is 7.24. The molecule has 0 saturated heterocycles. The lowest BCUT2D eigenvalue weighted by Crippen LogP contribution is -2.15. The molecule has 0 spiro atoms. The lowest BCUT2D eigenvalue weighted by Gasteiger charge is -2.27. The molecule has 66 heavy (non-hydrogen) atoms. The van der Waals surface area contributed by atoms with Crippen molar-refractivity contribution in [3.63, 3.8) is 0 Å². The fourth-order valence-corrected chi connectivity index (χ4v) is 10.7. The third-order valence-corrected chi connectivity index (χ3v) is 13.9. The van der Waals surface area contributed by atoms with Gasteiger partial charge in [-0.25, -0.2) is 4.98 Å². The SMILES string of the molecule is CC1(C)c2ccccc2-c2ccc(-c3ccc(N(c4ccc(-c5ccccc5)cc4)c4ccc(-n5c6ccccc6c6cccnc65)cc4)cc3-c3cccc4c3oc3ccccc34)cc21. The van der Waals surface area contributed by atoms with E-state index in [-0.39, 0.29) is 5.41 Å². The monoisotopic (exact) mass is 845 g/mol. The minimum absolute atomic E-state index is 0.134. The third-order valence-electron chi connectivity index (χ3n) is 13.9. The van der Waals surface area contributed by atoms with Crippen molar-refractivity contribution in [3.05, 3.63) is 236 Å². The van der Waals surface area contributed by atoms with Crippen LogP contribution < -0.4 is 4.90 Å². The van der Waals surface area contributed by atoms with Crippen molar-refractivity contribution < 1.29 is 4.42 Å². The Morgan fingerprint density at radius 1 is 0.424 bits per heavy atom. The van der Waals surface area contributed by atoms with E-state index in [4.69, 9.17) is 9.40 Å². The number of aromatic nitrogens is 2. The van der Waals surface area contributed by atoms with Gasteiger partial charge in [-0.15, -0.1) is 0 Å². The standard InChI is InChI=1S/C62H43N3O/c1-62(2)56-22-9-6-16-48(56)49-35-27-42(38-57(49)62)47-36-34-46(39-55(47)53-20-12-19-52-51-18-8-11-24-59(51)66-60(52)53)64(43-28-25-41(26-29-43)40-14-4-3-5-15-40)44-30-32-45(33-31-44)65-58-23-10-7-17-50(58)54-21-13-37-63-61(54)65/h3-39H,1-2H3. The molecule has 1 aliphatic rings. The number of fused-ring (bicyclic) bond motifs is 9. The second-order valence-corrected chi connectivity index (χ2v) is 17.9. The number of nitrogens with zero attached hydrogens (tertiary/aromatic N) is 3. The van der Waals surface area contributed by atoms with Crippen LogP contribution in [-0.4, -0.2) is 9.55 Å². The van der Waals surface area contributed by atoms with Gasteiger partial charge in [0, 0.05) is 61.5 Å². The molecule has 0 bridgehead atoms. The third kappa shape index (κ3) is 5.88. The molecule has 4 heteroatoms. The number of pyridine rings is 1. The van der Waals surface area contributed by atoms with Crippen molar-refractivity contribution >= 4 is 60.9 Å². The van der Waals surface area contributed by atoms with Gasteiger partial charge >= 0.3 is 0 Å². The summed E-state index contributed by atoms with van der Waals surface area (Å²) in [5.41, 5.74) is 20.1. The zero-order valence-electron chi connectivity index (χ0n) is 36.6. The molecule has 13 rings (SSSR count). The molecule has 0 fully saturated rings. The number of anilines is 3. The Bertz CT molecular complexity index is 3790. The lowest BCUT2D eigenvalue weighted by atomic mass is 9.81. The summed E-state index contributed by atoms with van der Waals surface area (Å²) in [5.74, 6) is 0. The van der Waals surface area contributed by atoms with Gasteiger partial charge in [0.1, 0.15) is 16.8 Å². The van der Waals surface area contributed by atoms with Crippen LogP contribution in [0.5, 0.6) is 0 Å². The number of hydrogen-bond acceptors (Lipinski definition) is 3. The van der Waals surface area contributed by atoms with Crippen LogP contribution in [0.3, 0.4) is 0 Å². The average Bonchev–Trinajstić information content (AvgIpc) is 4.00. The minimum atomic E-state index is -0.134. The van der Waals surface area contributed by atoms with Gasteiger partial charge in [0.15, 0.2) is 0 Å². The number of hydrogen-bond donors (Lipinski definition) is 0. The molecular formula is C62H43N3O. The van der Waals surface area contributed by atoms with Crippen LogP contribution in [0.25, 0.3) is 94.1 Å². The van der Waals surface area contributed by atoms with Gasteiger partial charge in [0.05, 0.1) is 5.52 Å². The first kappa shape index (κ1) is 38.0. The van der Waals surface area contributed by atoms with Gasteiger partial charge in [0.25, 0.3) is 0 Å². The van der Waals surface area contributed by atoms with E-state index in [0.29, 0.717) is 0 Å². The van der Waals surface area contributed by atoms with Gasteiger partial charge in [-0.05, 0) is 129 Å². The summed E-state index contributed by atoms with van der Waals surface area (Å²) in [7, 11) is 0. The zero-order valence-corrected chi connectivity index (χ0v) is 36.6. The second-order valence-electron chi connectivity index (χ2n) is 17.9. The first-order valence-corrected chi connectivity index (χ1v) is 22.7. The molecule has 9 aromatic carbocycles. The molecule has 0 amide bonds. The van der Waals surface area contributed by atoms with Crippen molar-refractivity contribution in [1.29, 1.82) is 0 Å². The van der Waals surface area contributed by atoms with E-state index in [1.54, 1.807) is 0 Å². The van der Waals surface area contributed by atoms with Crippen LogP contribution in [0.4, 0.5) is 17.1 Å². The Hall–Kier alpha value is -8.47. The molecule has 0 aliphatic heterocycles. The van der Waals surface area contributed by atoms with Crippen molar-refractivity contribution in [2.24, 2.45) is 0 Å². The molecule has 4 nitrogen and oxygen atoms in total. The molecule has 0 N–H and O–H groups in total. The molecule has 12 aromatic rings. The summed E-state index contributed by atoms with van der Waals surface area (Å²) >= 11 is 0. The molecule has 312 valence electrons. The van der Waals surface area contributed by atoms with Crippen LogP contribution in [-0.2, 0) is 5.41 Å². The lowest BCUT2D eigenvalue weighted by molar-refractivity contribution is 0.660. The largest absolute Gasteiger partial charge is 0.455 e. The fraction of sp³-hybridized carbons (Fsp3) is 0.0484. The first-order valence-electron chi connectivity index (χ1n) is 22.7. The van der Waals surface area contributed by atoms with Crippen LogP contribution in [0.1, 0.15) is 25.0 Å². The van der Waals surface area contributed by atoms with Gasteiger partial charge in [-0.3, -0.25) is 4.57 Å². The predicted molar refractivity (Wildman–Crippen MR) is 274 cm³/mol. The van der Waals surface area contributed by atoms with E-state index in [1.165, 1.54) is 44.3 Å². The number of rotatable bonds is 7. The van der Waals surface area contributed by atoms with Crippen LogP contribution >= 0.6 is 0 Å². The highest BCUT2D eigenvalue weighted by molar-refractivity contribution is 6.11. The normalized spacial score (nSPS) is 12.8. The highest BCUT2D eigenvalue weighted by Gasteiger charge is 2.35. The zero-order chi connectivity index (χ0) is 43.9. The molecule has 3 heterocycles. The molecule has 0 unspecified atom stereocenters. The number of para-hydroxylation sites is 3. The fourth-order valence-electron chi connectivity index (χ4n) is 10.7. The smallest absolute Gasteiger partial charge is 0.145 e. The van der Waals surface area contributed by atoms with Crippen LogP contribution in [0.15, 0.2) is 229 Å². The van der Waals surface area contributed by atoms with Gasteiger partial charge in [-0.1, -0.05) is 153 Å². The second kappa shape index (κ2) is 14.8. The van der Waals surface area contributed by atoms with Gasteiger partial charge < -0.3 is 9.32 Å². The highest BCUT2D eigenvalue weighted by atomic mass is 16.3. The van der Waals surface area contributed by atoms with Crippen LogP contribution in [0, 0.1) is 0 Å². The maximum Gasteiger partial charge on any atom is 0.145 e. The highest BCUT2D eigenvalue weighted by Crippen LogP contribution is 2.51. The summed E-state index contributed by atoms with van der Waals surface area (Å²) in [6.07, 6.45) is 1.88. The average molecular weight is 846 g/mol. The molecule has 1 aliphatic carbocycles. The number of furan rings is 1. The van der Waals surface area contributed by atoms with E-state index in [2.05, 4.69) is 230 Å². The Morgan fingerprint density at radius 2 is 1.05 bits per heavy atom. The summed E-state index contributed by atoms with van der Waals surface area (Å²) in [6, 6.07) is 78.9. The van der Waals surface area contributed by atoms with E-state index in [0.717, 1.165) is 77.9 Å². The molecule has 0 atom stereocenters. The Morgan fingerprint density at radius 3 is 1.89 bits per heavy atom. The Labute approximate surface area is 383 Å². The molecule has 0 radical (unpaired) electrons. The molecular weight excluding hydrogens is 803 g/mol. The van der Waals surface area contributed by atoms with Crippen molar-refractivity contribution in [2.45, 2.75) is 19.3 Å². The maximum absolute atomic E-state index is 6.79. The maximum atomic E-state index is 6.79. The topological polar surface area (TPSA) is 34.2 Å². The predicted octanol–water partition coefficient (Wildman–Crippen LogP) is 16.9. The molecule has 3 aromatic heterocycles. The Kier molecular flexibility index (Phi) is 8.53. The van der Waals surface area contributed by atoms with Crippen LogP contribution in [0.2, 0.25) is 0 Å². The number of benzene rings is 9. The summed E-state index contributed by atoms with van der Waals surface area (Å²) in [6.45, 7) is 4.70. The molecule has 0 saturated carbocycles. The van der Waals surface area contributed by atoms with E-state index < -0.39 is 0 Å². The summed E-state index contributed by atoms with van der Waals surface area (Å²) < 4.78 is 9.06. The minimum Gasteiger partial charge on any atom is -0.455 e. The first-order chi connectivity index (χ1) is 32.5. The van der Waals surface area contributed by atoms with Crippen molar-refractivity contribution in [1.82, 2.24) is 9.55 Å². The van der Waals surface area contributed by atoms with Gasteiger partial charge in [0.2, 0.25) is 0 Å². The van der Waals surface area contributed by atoms with Crippen molar-refractivity contribution in [2.75, 3.05) is 4.90 Å². The van der Waals surface area contributed by atoms with E-state index in [9.17, 15) is 0 Å². The quantitative estimate of drug-likeness (QED) is 0.160. The van der Waals surface area contributed by atoms with Crippen molar-refractivity contribution in [3.8, 4) is 50.2 Å². The van der Waals surface area contributed by atoms with Gasteiger partial charge in [-0.2, -0.15) is 0 Å². The summed E-state index contributed by atoms with van der Waals surface area (Å²) in [5, 5.41) is 4.55. The van der Waals surface area contributed by atoms with E-state index in [1.807, 2.05) is 18.3 Å². The van der Waals surface area contributed by atoms with E-state index >= 15 is 0 Å².